The summed E-state index contributed by atoms with van der Waals surface area (Å²) in [6.07, 6.45) is 3.93. The van der Waals surface area contributed by atoms with E-state index < -0.39 is 8.07 Å². The summed E-state index contributed by atoms with van der Waals surface area (Å²) in [6, 6.07) is 39.1. The number of rotatable bonds is 4. The zero-order valence-corrected chi connectivity index (χ0v) is 30.7. The van der Waals surface area contributed by atoms with Crippen LogP contribution in [0, 0.1) is 12.1 Å². The molecule has 0 fully saturated rings. The maximum absolute atomic E-state index is 5.50. The third-order valence-electron chi connectivity index (χ3n) is 8.98. The smallest absolute Gasteiger partial charge is 0.120 e. The zero-order chi connectivity index (χ0) is 31.8. The third-order valence-corrected chi connectivity index (χ3v) is 10.9. The molecule has 8 rings (SSSR count). The minimum absolute atomic E-state index is 0. The summed E-state index contributed by atoms with van der Waals surface area (Å²) in [6.45, 7) is 14.0. The maximum atomic E-state index is 5.50. The molecule has 0 aliphatic carbocycles. The monoisotopic (exact) mass is 809 g/mol. The summed E-state index contributed by atoms with van der Waals surface area (Å²) in [4.78, 5) is 12.3. The number of pyridine rings is 1. The normalized spacial score (nSPS) is 15.3. The molecule has 1 atom stereocenters. The molecular formula is C40H36N5PtSi-3. The van der Waals surface area contributed by atoms with Gasteiger partial charge in [0.15, 0.2) is 0 Å². The molecule has 47 heavy (non-hydrogen) atoms. The molecule has 2 aromatic heterocycles. The van der Waals surface area contributed by atoms with E-state index in [1.807, 2.05) is 24.4 Å². The quantitative estimate of drug-likeness (QED) is 0.132. The van der Waals surface area contributed by atoms with Crippen LogP contribution in [0.4, 0.5) is 11.4 Å². The summed E-state index contributed by atoms with van der Waals surface area (Å²) in [7, 11) is -1.80. The number of hydrogen-bond donors (Lipinski definition) is 0. The van der Waals surface area contributed by atoms with Crippen molar-refractivity contribution in [3.05, 3.63) is 131 Å². The van der Waals surface area contributed by atoms with E-state index in [4.69, 9.17) is 15.3 Å². The number of anilines is 1. The van der Waals surface area contributed by atoms with Crippen LogP contribution >= 0.6 is 0 Å². The first kappa shape index (κ1) is 31.3. The van der Waals surface area contributed by atoms with Crippen molar-refractivity contribution in [2.45, 2.75) is 52.1 Å². The Labute approximate surface area is 292 Å². The molecule has 2 aliphatic rings. The van der Waals surface area contributed by atoms with Crippen LogP contribution in [0.5, 0.6) is 0 Å². The predicted molar refractivity (Wildman–Crippen MR) is 193 cm³/mol. The van der Waals surface area contributed by atoms with Gasteiger partial charge in [0.05, 0.1) is 8.07 Å². The van der Waals surface area contributed by atoms with Gasteiger partial charge in [-0.15, -0.1) is 41.1 Å². The molecule has 0 saturated carbocycles. The largest absolute Gasteiger partial charge is 0.652 e. The molecule has 7 heteroatoms. The minimum atomic E-state index is -1.80. The second kappa shape index (κ2) is 11.5. The van der Waals surface area contributed by atoms with Gasteiger partial charge in [-0.2, -0.15) is 18.2 Å². The van der Waals surface area contributed by atoms with E-state index in [2.05, 4.69) is 141 Å². The third kappa shape index (κ3) is 5.38. The van der Waals surface area contributed by atoms with Gasteiger partial charge in [-0.1, -0.05) is 100 Å². The number of fused-ring (bicyclic) bond motifs is 7. The van der Waals surface area contributed by atoms with Crippen LogP contribution in [-0.4, -0.2) is 22.6 Å². The molecule has 6 aromatic rings. The predicted octanol–water partition coefficient (Wildman–Crippen LogP) is 10.5. The number of nitrogens with zero attached hydrogens (tertiary/aromatic N) is 5. The second-order valence-corrected chi connectivity index (χ2v) is 19.3. The molecule has 5 nitrogen and oxygen atoms in total. The first-order chi connectivity index (χ1) is 22.1. The number of benzene rings is 4. The van der Waals surface area contributed by atoms with Crippen molar-refractivity contribution >= 4 is 36.6 Å². The van der Waals surface area contributed by atoms with Crippen molar-refractivity contribution in [1.29, 1.82) is 0 Å². The van der Waals surface area contributed by atoms with Crippen LogP contribution in [-0.2, 0) is 26.5 Å². The first-order valence-electron chi connectivity index (χ1n) is 15.9. The van der Waals surface area contributed by atoms with Gasteiger partial charge in [0, 0.05) is 50.3 Å². The number of aromatic nitrogens is 3. The van der Waals surface area contributed by atoms with Crippen LogP contribution in [0.25, 0.3) is 55.9 Å². The molecule has 0 amide bonds. The standard InChI is InChI=1S/C40H36N5Si.Pt/c1-40(2,3)30-22-28(21-29(23-30)33-24-27(19-20-41-33)26-13-8-7-9-14-26)31-15-12-18-35-38(31)43-39-44-34-17-11-10-16-32(34)42-36(44)25-37(45(35)39)46(4,5)6;/h7-16,18-20,22-25,39H,1-6H3;/q-3;. The molecule has 2 aliphatic heterocycles. The molecule has 0 spiro atoms. The van der Waals surface area contributed by atoms with Gasteiger partial charge in [0.2, 0.25) is 0 Å². The number of hydrogen-bond acceptors (Lipinski definition) is 3. The van der Waals surface area contributed by atoms with Crippen LogP contribution < -0.4 is 4.90 Å². The summed E-state index contributed by atoms with van der Waals surface area (Å²) in [5, 5.41) is 6.83. The van der Waals surface area contributed by atoms with E-state index in [9.17, 15) is 0 Å². The topological polar surface area (TPSA) is 48.1 Å². The molecule has 0 saturated heterocycles. The Balaban J connectivity index is 0.00000351. The van der Waals surface area contributed by atoms with Gasteiger partial charge in [-0.25, -0.2) is 0 Å². The Bertz CT molecular complexity index is 2170. The van der Waals surface area contributed by atoms with Gasteiger partial charge >= 0.3 is 0 Å². The fourth-order valence-electron chi connectivity index (χ4n) is 6.58. The molecule has 0 N–H and O–H groups in total. The van der Waals surface area contributed by atoms with Crippen molar-refractivity contribution in [2.24, 2.45) is 0 Å². The second-order valence-electron chi connectivity index (χ2n) is 14.3. The Morgan fingerprint density at radius 1 is 0.851 bits per heavy atom. The van der Waals surface area contributed by atoms with E-state index in [0.717, 1.165) is 56.2 Å². The van der Waals surface area contributed by atoms with Gasteiger partial charge in [0.1, 0.15) is 5.82 Å². The van der Waals surface area contributed by atoms with Crippen LogP contribution in [0.2, 0.25) is 19.6 Å². The molecule has 238 valence electrons. The van der Waals surface area contributed by atoms with Crippen LogP contribution in [0.3, 0.4) is 0 Å². The van der Waals surface area contributed by atoms with E-state index >= 15 is 0 Å². The van der Waals surface area contributed by atoms with Crippen LogP contribution in [0.15, 0.2) is 103 Å². The molecule has 4 heterocycles. The van der Waals surface area contributed by atoms with Gasteiger partial charge in [-0.05, 0) is 45.8 Å². The SMILES string of the molecule is CC(C)(C)c1cc(-c2cc(-c3ccccc3)ccn2)[c-]c(-c2cccc3c2[N-]C2N3C([Si](C)(C)C)=Cc3nc4ccc[c-]c4n32)c1.[Pt]. The Hall–Kier alpha value is -4.25. The fourth-order valence-corrected chi connectivity index (χ4v) is 8.10. The van der Waals surface area contributed by atoms with Gasteiger partial charge < -0.3 is 14.8 Å². The molecule has 4 aromatic carbocycles. The average Bonchev–Trinajstić information content (AvgIpc) is 3.62. The van der Waals surface area contributed by atoms with E-state index in [1.165, 1.54) is 16.4 Å². The van der Waals surface area contributed by atoms with Gasteiger partial charge in [-0.3, -0.25) is 9.97 Å². The maximum Gasteiger partial charge on any atom is 0.120 e. The number of para-hydroxylation sites is 2. The molecule has 1 unspecified atom stereocenters. The Morgan fingerprint density at radius 3 is 2.40 bits per heavy atom. The molecular weight excluding hydrogens is 774 g/mol. The van der Waals surface area contributed by atoms with E-state index in [0.29, 0.717) is 0 Å². The summed E-state index contributed by atoms with van der Waals surface area (Å²) < 4.78 is 2.24. The van der Waals surface area contributed by atoms with E-state index in [1.54, 1.807) is 0 Å². The van der Waals surface area contributed by atoms with Crippen molar-refractivity contribution < 1.29 is 21.1 Å². The minimum Gasteiger partial charge on any atom is -0.652 e. The summed E-state index contributed by atoms with van der Waals surface area (Å²) in [5.74, 6) is 0.946. The summed E-state index contributed by atoms with van der Waals surface area (Å²) >= 11 is 0. The Kier molecular flexibility index (Phi) is 7.65. The molecule has 0 bridgehead atoms. The first-order valence-corrected chi connectivity index (χ1v) is 19.4. The summed E-state index contributed by atoms with van der Waals surface area (Å²) in [5.41, 5.74) is 11.5. The van der Waals surface area contributed by atoms with Crippen molar-refractivity contribution in [1.82, 2.24) is 14.5 Å². The molecule has 0 radical (unpaired) electrons. The van der Waals surface area contributed by atoms with Crippen molar-refractivity contribution in [3.8, 4) is 33.5 Å². The van der Waals surface area contributed by atoms with Crippen molar-refractivity contribution in [3.63, 3.8) is 0 Å². The van der Waals surface area contributed by atoms with E-state index in [-0.39, 0.29) is 32.8 Å². The average molecular weight is 810 g/mol. The number of imidazole rings is 1. The van der Waals surface area contributed by atoms with Crippen molar-refractivity contribution in [2.75, 3.05) is 4.90 Å². The van der Waals surface area contributed by atoms with Gasteiger partial charge in [0.25, 0.3) is 0 Å². The van der Waals surface area contributed by atoms with Crippen LogP contribution in [0.1, 0.15) is 38.4 Å². The Morgan fingerprint density at radius 2 is 1.64 bits per heavy atom. The zero-order valence-electron chi connectivity index (χ0n) is 27.4. The fraction of sp³-hybridized carbons (Fsp3) is 0.200.